The number of aliphatic hydroxyl groups is 1. The van der Waals surface area contributed by atoms with Gasteiger partial charge in [-0.25, -0.2) is 0 Å². The van der Waals surface area contributed by atoms with E-state index in [0.717, 1.165) is 31.8 Å². The number of aliphatic hydroxyl groups excluding tert-OH is 1. The van der Waals surface area contributed by atoms with Crippen LogP contribution in [0.5, 0.6) is 0 Å². The second-order valence-corrected chi connectivity index (χ2v) is 6.18. The molecule has 1 fully saturated rings. The van der Waals surface area contributed by atoms with Crippen molar-refractivity contribution in [3.05, 3.63) is 0 Å². The molecule has 0 aromatic carbocycles. The van der Waals surface area contributed by atoms with Crippen molar-refractivity contribution >= 4 is 0 Å². The van der Waals surface area contributed by atoms with Crippen molar-refractivity contribution in [3.63, 3.8) is 0 Å². The fourth-order valence-corrected chi connectivity index (χ4v) is 2.55. The zero-order valence-corrected chi connectivity index (χ0v) is 12.4. The molecule has 1 atom stereocenters. The normalized spacial score (nSPS) is 28.0. The molecule has 0 aromatic heterocycles. The van der Waals surface area contributed by atoms with Crippen molar-refractivity contribution in [1.82, 2.24) is 5.32 Å². The van der Waals surface area contributed by atoms with Crippen LogP contribution in [0.25, 0.3) is 0 Å². The molecular weight excluding hydrogens is 226 g/mol. The van der Waals surface area contributed by atoms with Gasteiger partial charge < -0.3 is 15.2 Å². The number of hydrogen-bond donors (Lipinski definition) is 2. The third-order valence-corrected chi connectivity index (χ3v) is 4.39. The molecule has 1 aliphatic rings. The van der Waals surface area contributed by atoms with Gasteiger partial charge in [0.25, 0.3) is 0 Å². The van der Waals surface area contributed by atoms with Gasteiger partial charge in [-0.1, -0.05) is 6.92 Å². The smallest absolute Gasteiger partial charge is 0.0610 e. The van der Waals surface area contributed by atoms with Gasteiger partial charge in [0.05, 0.1) is 12.7 Å². The zero-order valence-electron chi connectivity index (χ0n) is 12.4. The largest absolute Gasteiger partial charge is 0.394 e. The van der Waals surface area contributed by atoms with E-state index in [0.29, 0.717) is 6.10 Å². The summed E-state index contributed by atoms with van der Waals surface area (Å²) in [7, 11) is 1.91. The predicted octanol–water partition coefficient (Wildman–Crippen LogP) is 2.72. The van der Waals surface area contributed by atoms with E-state index < -0.39 is 0 Å². The Kier molecular flexibility index (Phi) is 7.20. The summed E-state index contributed by atoms with van der Waals surface area (Å²) in [5.74, 6) is 0.894. The molecule has 0 radical (unpaired) electrons. The summed E-state index contributed by atoms with van der Waals surface area (Å²) in [6, 6.07) is 0. The maximum absolute atomic E-state index is 9.28. The standard InChI is InChI=1S/C15H31NO2/c1-13-6-8-14(9-7-13)18-11-5-4-10-15(2,12-17)16-3/h13-14,16-17H,4-12H2,1-3H3. The van der Waals surface area contributed by atoms with Crippen molar-refractivity contribution in [2.24, 2.45) is 5.92 Å². The van der Waals surface area contributed by atoms with Crippen LogP contribution in [0.15, 0.2) is 0 Å². The van der Waals surface area contributed by atoms with E-state index >= 15 is 0 Å². The van der Waals surface area contributed by atoms with E-state index in [9.17, 15) is 5.11 Å². The molecule has 1 aliphatic carbocycles. The first-order valence-corrected chi connectivity index (χ1v) is 7.51. The second kappa shape index (κ2) is 8.13. The van der Waals surface area contributed by atoms with Crippen molar-refractivity contribution in [2.75, 3.05) is 20.3 Å². The molecule has 0 spiro atoms. The average molecular weight is 257 g/mol. The van der Waals surface area contributed by atoms with Crippen LogP contribution >= 0.6 is 0 Å². The van der Waals surface area contributed by atoms with Crippen molar-refractivity contribution in [1.29, 1.82) is 0 Å². The molecule has 18 heavy (non-hydrogen) atoms. The quantitative estimate of drug-likeness (QED) is 0.657. The molecule has 0 aromatic rings. The van der Waals surface area contributed by atoms with Crippen LogP contribution in [-0.4, -0.2) is 37.0 Å². The minimum absolute atomic E-state index is 0.125. The number of likely N-dealkylation sites (N-methyl/N-ethyl adjacent to an activating group) is 1. The number of hydrogen-bond acceptors (Lipinski definition) is 3. The minimum atomic E-state index is -0.125. The van der Waals surface area contributed by atoms with Crippen molar-refractivity contribution < 1.29 is 9.84 Å². The van der Waals surface area contributed by atoms with Crippen LogP contribution in [0.4, 0.5) is 0 Å². The average Bonchev–Trinajstić information content (AvgIpc) is 2.40. The lowest BCUT2D eigenvalue weighted by Gasteiger charge is -2.28. The predicted molar refractivity (Wildman–Crippen MR) is 75.8 cm³/mol. The van der Waals surface area contributed by atoms with E-state index in [2.05, 4.69) is 19.2 Å². The summed E-state index contributed by atoms with van der Waals surface area (Å²) < 4.78 is 5.93. The van der Waals surface area contributed by atoms with E-state index in [1.807, 2.05) is 7.05 Å². The monoisotopic (exact) mass is 257 g/mol. The van der Waals surface area contributed by atoms with Crippen LogP contribution in [0.3, 0.4) is 0 Å². The highest BCUT2D eigenvalue weighted by molar-refractivity contribution is 4.80. The van der Waals surface area contributed by atoms with Crippen LogP contribution in [-0.2, 0) is 4.74 Å². The Labute approximate surface area is 112 Å². The fraction of sp³-hybridized carbons (Fsp3) is 1.00. The highest BCUT2D eigenvalue weighted by atomic mass is 16.5. The molecule has 0 amide bonds. The number of rotatable bonds is 8. The lowest BCUT2D eigenvalue weighted by Crippen LogP contribution is -2.43. The molecule has 0 aliphatic heterocycles. The van der Waals surface area contributed by atoms with E-state index in [-0.39, 0.29) is 12.1 Å². The molecule has 108 valence electrons. The molecule has 3 nitrogen and oxygen atoms in total. The summed E-state index contributed by atoms with van der Waals surface area (Å²) in [5.41, 5.74) is -0.125. The second-order valence-electron chi connectivity index (χ2n) is 6.18. The van der Waals surface area contributed by atoms with Gasteiger partial charge >= 0.3 is 0 Å². The van der Waals surface area contributed by atoms with Gasteiger partial charge in [0.15, 0.2) is 0 Å². The minimum Gasteiger partial charge on any atom is -0.394 e. The Morgan fingerprint density at radius 2 is 1.89 bits per heavy atom. The first kappa shape index (κ1) is 15.9. The third kappa shape index (κ3) is 5.68. The fourth-order valence-electron chi connectivity index (χ4n) is 2.55. The Bertz CT molecular complexity index is 209. The topological polar surface area (TPSA) is 41.5 Å². The van der Waals surface area contributed by atoms with Gasteiger partial charge in [0.1, 0.15) is 0 Å². The van der Waals surface area contributed by atoms with Gasteiger partial charge in [-0.2, -0.15) is 0 Å². The molecule has 0 heterocycles. The molecule has 3 heteroatoms. The first-order valence-electron chi connectivity index (χ1n) is 7.51. The van der Waals surface area contributed by atoms with Crippen molar-refractivity contribution in [3.8, 4) is 0 Å². The van der Waals surface area contributed by atoms with Gasteiger partial charge in [-0.05, 0) is 64.8 Å². The summed E-state index contributed by atoms with van der Waals surface area (Å²) in [5, 5.41) is 12.5. The highest BCUT2D eigenvalue weighted by Gasteiger charge is 2.20. The van der Waals surface area contributed by atoms with E-state index in [4.69, 9.17) is 4.74 Å². The van der Waals surface area contributed by atoms with Gasteiger partial charge in [-0.15, -0.1) is 0 Å². The Hall–Kier alpha value is -0.120. The lowest BCUT2D eigenvalue weighted by atomic mass is 9.89. The number of nitrogens with one attached hydrogen (secondary N) is 1. The molecular formula is C15H31NO2. The summed E-state index contributed by atoms with van der Waals surface area (Å²) in [4.78, 5) is 0. The molecule has 1 rings (SSSR count). The van der Waals surface area contributed by atoms with Crippen LogP contribution < -0.4 is 5.32 Å². The van der Waals surface area contributed by atoms with Gasteiger partial charge in [0, 0.05) is 12.1 Å². The van der Waals surface area contributed by atoms with Crippen LogP contribution in [0.2, 0.25) is 0 Å². The van der Waals surface area contributed by atoms with Gasteiger partial charge in [0.2, 0.25) is 0 Å². The molecule has 0 bridgehead atoms. The Balaban J connectivity index is 2.02. The van der Waals surface area contributed by atoms with Crippen molar-refractivity contribution in [2.45, 2.75) is 70.4 Å². The maximum atomic E-state index is 9.28. The van der Waals surface area contributed by atoms with Crippen LogP contribution in [0, 0.1) is 5.92 Å². The van der Waals surface area contributed by atoms with E-state index in [1.54, 1.807) is 0 Å². The van der Waals surface area contributed by atoms with E-state index in [1.165, 1.54) is 25.7 Å². The Morgan fingerprint density at radius 3 is 2.44 bits per heavy atom. The summed E-state index contributed by atoms with van der Waals surface area (Å²) in [6.45, 7) is 5.48. The zero-order chi connectivity index (χ0) is 13.4. The summed E-state index contributed by atoms with van der Waals surface area (Å²) in [6.07, 6.45) is 8.86. The molecule has 2 N–H and O–H groups in total. The molecule has 0 saturated heterocycles. The number of ether oxygens (including phenoxy) is 1. The third-order valence-electron chi connectivity index (χ3n) is 4.39. The molecule has 1 unspecified atom stereocenters. The van der Waals surface area contributed by atoms with Crippen LogP contribution in [0.1, 0.15) is 58.8 Å². The lowest BCUT2D eigenvalue weighted by molar-refractivity contribution is 0.0169. The summed E-state index contributed by atoms with van der Waals surface area (Å²) >= 11 is 0. The SMILES string of the molecule is CNC(C)(CO)CCCCOC1CCC(C)CC1. The maximum Gasteiger partial charge on any atom is 0.0610 e. The molecule has 1 saturated carbocycles. The number of unbranched alkanes of at least 4 members (excludes halogenated alkanes) is 1. The Morgan fingerprint density at radius 1 is 1.22 bits per heavy atom. The highest BCUT2D eigenvalue weighted by Crippen LogP contribution is 2.25. The first-order chi connectivity index (χ1) is 8.59. The van der Waals surface area contributed by atoms with Gasteiger partial charge in [-0.3, -0.25) is 0 Å².